The Morgan fingerprint density at radius 3 is 2.33 bits per heavy atom. The van der Waals surface area contributed by atoms with Crippen LogP contribution in [0.3, 0.4) is 0 Å². The Balaban J connectivity index is 1.38. The number of rotatable bonds is 15. The van der Waals surface area contributed by atoms with E-state index in [2.05, 4.69) is 15.4 Å². The lowest BCUT2D eigenvalue weighted by molar-refractivity contribution is -0.384. The van der Waals surface area contributed by atoms with Gasteiger partial charge in [-0.1, -0.05) is 42.5 Å². The molecule has 0 fully saturated rings. The van der Waals surface area contributed by atoms with Gasteiger partial charge in [-0.05, 0) is 42.3 Å². The summed E-state index contributed by atoms with van der Waals surface area (Å²) in [7, 11) is 0.884. The molecular formula is C34H34F3N3O9. The van der Waals surface area contributed by atoms with Crippen LogP contribution in [0.2, 0.25) is 0 Å². The summed E-state index contributed by atoms with van der Waals surface area (Å²) in [5, 5.41) is 26.7. The molecule has 0 radical (unpaired) electrons. The van der Waals surface area contributed by atoms with Crippen LogP contribution in [0.5, 0.6) is 11.5 Å². The Morgan fingerprint density at radius 2 is 1.67 bits per heavy atom. The fourth-order valence-corrected chi connectivity index (χ4v) is 4.99. The number of carbonyl (C=O) groups excluding carboxylic acids is 2. The lowest BCUT2D eigenvalue weighted by atomic mass is 9.80. The van der Waals surface area contributed by atoms with Crippen LogP contribution in [0.1, 0.15) is 24.0 Å². The number of aliphatic hydroxyl groups excluding tert-OH is 1. The van der Waals surface area contributed by atoms with Crippen LogP contribution < -0.4 is 20.1 Å². The van der Waals surface area contributed by atoms with Crippen molar-refractivity contribution in [3.8, 4) is 11.5 Å². The highest BCUT2D eigenvalue weighted by molar-refractivity contribution is 6.00. The van der Waals surface area contributed by atoms with Gasteiger partial charge < -0.3 is 34.7 Å². The number of nitrogens with one attached hydrogen (secondary N) is 2. The quantitative estimate of drug-likeness (QED) is 0.0882. The largest absolute Gasteiger partial charge is 0.492 e. The summed E-state index contributed by atoms with van der Waals surface area (Å²) in [6.45, 7) is 2.07. The number of methoxy groups -OCH3 is 1. The summed E-state index contributed by atoms with van der Waals surface area (Å²) < 4.78 is 63.7. The van der Waals surface area contributed by atoms with Crippen LogP contribution in [-0.2, 0) is 25.7 Å². The molecule has 1 heterocycles. The van der Waals surface area contributed by atoms with Crippen molar-refractivity contribution in [3.05, 3.63) is 123 Å². The first-order chi connectivity index (χ1) is 23.4. The van der Waals surface area contributed by atoms with Crippen LogP contribution in [-0.4, -0.2) is 67.7 Å². The molecule has 1 aliphatic heterocycles. The molecule has 2 unspecified atom stereocenters. The zero-order chi connectivity index (χ0) is 35.6. The molecule has 0 aliphatic carbocycles. The molecule has 0 aromatic heterocycles. The van der Waals surface area contributed by atoms with Crippen molar-refractivity contribution >= 4 is 17.6 Å². The number of hydrogen-bond donors (Lipinski definition) is 3. The van der Waals surface area contributed by atoms with E-state index in [0.717, 1.165) is 19.2 Å². The van der Waals surface area contributed by atoms with Gasteiger partial charge in [0.25, 0.3) is 5.69 Å². The maximum atomic E-state index is 14.1. The van der Waals surface area contributed by atoms with Crippen molar-refractivity contribution in [1.29, 1.82) is 0 Å². The number of non-ortho nitro benzene ring substituents is 1. The first-order valence-electron chi connectivity index (χ1n) is 15.0. The highest BCUT2D eigenvalue weighted by Gasteiger charge is 2.47. The first kappa shape index (κ1) is 36.4. The lowest BCUT2D eigenvalue weighted by Crippen LogP contribution is -2.38. The summed E-state index contributed by atoms with van der Waals surface area (Å²) in [6.07, 6.45) is -5.78. The molecule has 4 rings (SSSR count). The summed E-state index contributed by atoms with van der Waals surface area (Å²) in [5.74, 6) is -2.95. The van der Waals surface area contributed by atoms with Crippen molar-refractivity contribution in [2.24, 2.45) is 0 Å². The molecule has 0 bridgehead atoms. The number of ether oxygens (including phenoxy) is 4. The third-order valence-electron chi connectivity index (χ3n) is 7.29. The predicted octanol–water partition coefficient (Wildman–Crippen LogP) is 4.70. The molecule has 260 valence electrons. The first-order valence-corrected chi connectivity index (χ1v) is 15.0. The molecule has 12 nitrogen and oxygen atoms in total. The van der Waals surface area contributed by atoms with Gasteiger partial charge in [-0.3, -0.25) is 10.1 Å². The molecule has 2 atom stereocenters. The van der Waals surface area contributed by atoms with Gasteiger partial charge in [0, 0.05) is 30.9 Å². The van der Waals surface area contributed by atoms with Gasteiger partial charge in [-0.25, -0.2) is 9.59 Å². The van der Waals surface area contributed by atoms with E-state index in [1.807, 2.05) is 18.2 Å². The third-order valence-corrected chi connectivity index (χ3v) is 7.29. The van der Waals surface area contributed by atoms with E-state index in [0.29, 0.717) is 30.2 Å². The summed E-state index contributed by atoms with van der Waals surface area (Å²) in [4.78, 5) is 36.9. The zero-order valence-corrected chi connectivity index (χ0v) is 26.5. The number of nitro groups is 1. The van der Waals surface area contributed by atoms with Crippen molar-refractivity contribution < 1.29 is 51.7 Å². The second kappa shape index (κ2) is 16.6. The highest BCUT2D eigenvalue weighted by atomic mass is 19.4. The van der Waals surface area contributed by atoms with Gasteiger partial charge in [0.05, 0.1) is 29.1 Å². The molecule has 3 aromatic rings. The minimum Gasteiger partial charge on any atom is -0.492 e. The normalized spacial score (nSPS) is 15.3. The second-order valence-corrected chi connectivity index (χ2v) is 10.8. The number of nitrogens with zero attached hydrogens (tertiary/aromatic N) is 1. The number of dihydropyridines is 1. The van der Waals surface area contributed by atoms with E-state index in [9.17, 15) is 38.0 Å². The van der Waals surface area contributed by atoms with Gasteiger partial charge in [-0.2, -0.15) is 13.2 Å². The van der Waals surface area contributed by atoms with Crippen LogP contribution in [0.25, 0.3) is 0 Å². The molecule has 1 aliphatic rings. The minimum absolute atomic E-state index is 0.116. The number of alkyl halides is 3. The monoisotopic (exact) mass is 685 g/mol. The van der Waals surface area contributed by atoms with Crippen LogP contribution in [0.4, 0.5) is 18.9 Å². The van der Waals surface area contributed by atoms with E-state index in [1.165, 1.54) is 19.1 Å². The van der Waals surface area contributed by atoms with E-state index >= 15 is 0 Å². The molecule has 15 heteroatoms. The summed E-state index contributed by atoms with van der Waals surface area (Å²) >= 11 is 0. The average molecular weight is 686 g/mol. The van der Waals surface area contributed by atoms with Crippen molar-refractivity contribution in [1.82, 2.24) is 10.6 Å². The Morgan fingerprint density at radius 1 is 0.980 bits per heavy atom. The molecule has 49 heavy (non-hydrogen) atoms. The number of aliphatic hydroxyl groups is 1. The van der Waals surface area contributed by atoms with Gasteiger partial charge in [-0.15, -0.1) is 0 Å². The molecule has 0 saturated heterocycles. The SMILES string of the molecule is COC(=O)C1=C(C(F)(F)F)NC(C)=C(C(=O)OCc2ccc(OCCNCC(O)COc3ccccc3)cc2)C1c1cccc([N+](=O)[O-])c1. The van der Waals surface area contributed by atoms with Crippen LogP contribution >= 0.6 is 0 Å². The van der Waals surface area contributed by atoms with Crippen molar-refractivity contribution in [2.45, 2.75) is 31.7 Å². The number of nitro benzene ring substituents is 1. The van der Waals surface area contributed by atoms with E-state index < -0.39 is 52.0 Å². The van der Waals surface area contributed by atoms with Crippen molar-refractivity contribution in [2.75, 3.05) is 33.4 Å². The zero-order valence-electron chi connectivity index (χ0n) is 26.5. The summed E-state index contributed by atoms with van der Waals surface area (Å²) in [5.41, 5.74) is -3.05. The molecular weight excluding hydrogens is 651 g/mol. The molecule has 3 N–H and O–H groups in total. The maximum absolute atomic E-state index is 14.1. The van der Waals surface area contributed by atoms with Gasteiger partial charge >= 0.3 is 18.1 Å². The number of para-hydroxylation sites is 1. The molecule has 0 amide bonds. The van der Waals surface area contributed by atoms with Crippen molar-refractivity contribution in [3.63, 3.8) is 0 Å². The Hall–Kier alpha value is -5.41. The van der Waals surface area contributed by atoms with Gasteiger partial charge in [0.1, 0.15) is 43.1 Å². The fraction of sp³-hybridized carbons (Fsp3) is 0.294. The Kier molecular flexibility index (Phi) is 12.4. The van der Waals surface area contributed by atoms with Gasteiger partial charge in [0.15, 0.2) is 0 Å². The van der Waals surface area contributed by atoms with Crippen LogP contribution in [0.15, 0.2) is 101 Å². The molecule has 0 saturated carbocycles. The summed E-state index contributed by atoms with van der Waals surface area (Å²) in [6, 6.07) is 20.3. The number of esters is 2. The highest BCUT2D eigenvalue weighted by Crippen LogP contribution is 2.44. The number of benzene rings is 3. The second-order valence-electron chi connectivity index (χ2n) is 10.8. The predicted molar refractivity (Wildman–Crippen MR) is 169 cm³/mol. The van der Waals surface area contributed by atoms with Gasteiger partial charge in [0.2, 0.25) is 0 Å². The number of halogens is 3. The number of carbonyl (C=O) groups is 2. The minimum atomic E-state index is -5.06. The topological polar surface area (TPSA) is 158 Å². The Bertz CT molecular complexity index is 1690. The lowest BCUT2D eigenvalue weighted by Gasteiger charge is -2.31. The van der Waals surface area contributed by atoms with E-state index in [-0.39, 0.29) is 36.7 Å². The maximum Gasteiger partial charge on any atom is 0.431 e. The third kappa shape index (κ3) is 9.81. The van der Waals surface area contributed by atoms with E-state index in [4.69, 9.17) is 14.2 Å². The average Bonchev–Trinajstić information content (AvgIpc) is 3.09. The molecule has 0 spiro atoms. The standard InChI is InChI=1S/C34H34F3N3O9/c1-21-28(29(23-7-6-8-24(17-23)40(44)45)30(32(42)46-2)31(39-21)34(35,36)37)33(43)49-19-22-11-13-27(14-12-22)47-16-15-38-18-25(41)20-48-26-9-4-3-5-10-26/h3-14,17,25,29,38-39,41H,15-16,18-20H2,1-2H3. The smallest absolute Gasteiger partial charge is 0.431 e. The Labute approximate surface area is 279 Å². The van der Waals surface area contributed by atoms with Crippen LogP contribution in [0, 0.1) is 10.1 Å². The molecule has 3 aromatic carbocycles. The number of allylic oxidation sites excluding steroid dienone is 2. The van der Waals surface area contributed by atoms with E-state index in [1.54, 1.807) is 36.4 Å². The number of hydrogen-bond acceptors (Lipinski definition) is 11. The fourth-order valence-electron chi connectivity index (χ4n) is 4.99.